The normalized spacial score (nSPS) is 18.7. The predicted molar refractivity (Wildman–Crippen MR) is 142 cm³/mol. The Bertz CT molecular complexity index is 1320. The summed E-state index contributed by atoms with van der Waals surface area (Å²) in [5, 5.41) is 0.117. The first-order valence-electron chi connectivity index (χ1n) is 12.7. The number of imidazole rings is 1. The molecule has 2 N–H and O–H groups in total. The van der Waals surface area contributed by atoms with E-state index in [0.29, 0.717) is 18.0 Å². The third kappa shape index (κ3) is 5.06. The van der Waals surface area contributed by atoms with Gasteiger partial charge in [-0.3, -0.25) is 4.57 Å². The Morgan fingerprint density at radius 3 is 2.74 bits per heavy atom. The summed E-state index contributed by atoms with van der Waals surface area (Å²) >= 11 is 1.78. The number of benzene rings is 1. The van der Waals surface area contributed by atoms with Crippen molar-refractivity contribution in [3.63, 3.8) is 0 Å². The average molecular weight is 492 g/mol. The minimum atomic E-state index is -0.301. The van der Waals surface area contributed by atoms with Crippen molar-refractivity contribution in [1.82, 2.24) is 19.1 Å². The molecule has 8 heteroatoms. The Labute approximate surface area is 210 Å². The maximum atomic E-state index is 12.4. The maximum Gasteiger partial charge on any atom is 0.350 e. The lowest BCUT2D eigenvalue weighted by Crippen LogP contribution is -2.26. The van der Waals surface area contributed by atoms with Crippen LogP contribution in [0.15, 0.2) is 29.2 Å². The van der Waals surface area contributed by atoms with Gasteiger partial charge in [0.1, 0.15) is 22.9 Å². The van der Waals surface area contributed by atoms with E-state index in [4.69, 9.17) is 15.5 Å². The van der Waals surface area contributed by atoms with Crippen LogP contribution < -0.4 is 16.2 Å². The van der Waals surface area contributed by atoms with Crippen LogP contribution >= 0.6 is 11.8 Å². The molecule has 2 aliphatic rings. The van der Waals surface area contributed by atoms with Crippen LogP contribution in [-0.4, -0.2) is 31.0 Å². The minimum absolute atomic E-state index is 0.0767. The van der Waals surface area contributed by atoms with E-state index < -0.39 is 0 Å². The van der Waals surface area contributed by atoms with Crippen molar-refractivity contribution in [3.8, 4) is 17.6 Å². The zero-order valence-corrected chi connectivity index (χ0v) is 21.3. The fraction of sp³-hybridized carbons (Fsp3) is 0.519. The minimum Gasteiger partial charge on any atom is -0.489 e. The molecule has 1 saturated heterocycles. The smallest absolute Gasteiger partial charge is 0.350 e. The number of hydrogen-bond acceptors (Lipinski definition) is 6. The first kappa shape index (κ1) is 23.8. The zero-order valence-electron chi connectivity index (χ0n) is 20.5. The van der Waals surface area contributed by atoms with Crippen LogP contribution in [0.25, 0.3) is 11.0 Å². The van der Waals surface area contributed by atoms with E-state index in [0.717, 1.165) is 54.0 Å². The number of anilines is 1. The topological polar surface area (TPSA) is 88.0 Å². The van der Waals surface area contributed by atoms with Gasteiger partial charge in [0.05, 0.1) is 29.1 Å². The predicted octanol–water partition coefficient (Wildman–Crippen LogP) is 5.09. The van der Waals surface area contributed by atoms with Crippen molar-refractivity contribution < 1.29 is 4.74 Å². The van der Waals surface area contributed by atoms with Crippen LogP contribution in [-0.2, 0) is 6.54 Å². The van der Waals surface area contributed by atoms with Crippen LogP contribution in [0.4, 0.5) is 5.82 Å². The molecular formula is C27H33N5O2S. The molecule has 0 spiro atoms. The second-order valence-electron chi connectivity index (χ2n) is 9.68. The number of rotatable bonds is 5. The second-order valence-corrected chi connectivity index (χ2v) is 11.0. The van der Waals surface area contributed by atoms with Gasteiger partial charge in [-0.1, -0.05) is 37.2 Å². The molecule has 3 aromatic rings. The van der Waals surface area contributed by atoms with Crippen LogP contribution in [0.3, 0.4) is 0 Å². The number of aromatic nitrogens is 4. The summed E-state index contributed by atoms with van der Waals surface area (Å²) in [7, 11) is 0. The Morgan fingerprint density at radius 2 is 2.00 bits per heavy atom. The SMILES string of the molecule is CC(C)Oc1cccc2c1nc(C1CCCCC1)n2CC#Cc1cn([C@@H]2CCCS2)c(=O)nc1N. The molecule has 1 saturated carbocycles. The summed E-state index contributed by atoms with van der Waals surface area (Å²) in [5.74, 6) is 10.1. The van der Waals surface area contributed by atoms with Crippen molar-refractivity contribution in [2.75, 3.05) is 11.5 Å². The Hall–Kier alpha value is -2.92. The van der Waals surface area contributed by atoms with Gasteiger partial charge in [0.25, 0.3) is 0 Å². The largest absolute Gasteiger partial charge is 0.489 e. The van der Waals surface area contributed by atoms with E-state index in [-0.39, 0.29) is 23.0 Å². The Morgan fingerprint density at radius 1 is 1.17 bits per heavy atom. The van der Waals surface area contributed by atoms with Gasteiger partial charge in [-0.05, 0) is 57.4 Å². The van der Waals surface area contributed by atoms with Gasteiger partial charge in [0.15, 0.2) is 0 Å². The van der Waals surface area contributed by atoms with Crippen molar-refractivity contribution in [2.45, 2.75) is 82.7 Å². The quantitative estimate of drug-likeness (QED) is 0.500. The summed E-state index contributed by atoms with van der Waals surface area (Å²) in [4.78, 5) is 21.5. The summed E-state index contributed by atoms with van der Waals surface area (Å²) in [6.07, 6.45) is 9.99. The highest BCUT2D eigenvalue weighted by Crippen LogP contribution is 2.36. The number of ether oxygens (including phenoxy) is 1. The van der Waals surface area contributed by atoms with Gasteiger partial charge >= 0.3 is 5.69 Å². The molecule has 0 bridgehead atoms. The summed E-state index contributed by atoms with van der Waals surface area (Å²) < 4.78 is 10.00. The monoisotopic (exact) mass is 491 g/mol. The van der Waals surface area contributed by atoms with Crippen LogP contribution in [0.2, 0.25) is 0 Å². The fourth-order valence-electron chi connectivity index (χ4n) is 5.10. The van der Waals surface area contributed by atoms with Crippen molar-refractivity contribution in [2.24, 2.45) is 0 Å². The van der Waals surface area contributed by atoms with Gasteiger partial charge in [-0.15, -0.1) is 11.8 Å². The van der Waals surface area contributed by atoms with Gasteiger partial charge in [0.2, 0.25) is 0 Å². The lowest BCUT2D eigenvalue weighted by Gasteiger charge is -2.21. The van der Waals surface area contributed by atoms with Crippen LogP contribution in [0.1, 0.15) is 81.5 Å². The van der Waals surface area contributed by atoms with Gasteiger partial charge < -0.3 is 15.0 Å². The third-order valence-electron chi connectivity index (χ3n) is 6.76. The molecule has 0 radical (unpaired) electrons. The molecule has 3 heterocycles. The summed E-state index contributed by atoms with van der Waals surface area (Å²) in [5.41, 5.74) is 8.32. The first-order chi connectivity index (χ1) is 17.0. The van der Waals surface area contributed by atoms with Crippen LogP contribution in [0.5, 0.6) is 5.75 Å². The lowest BCUT2D eigenvalue weighted by molar-refractivity contribution is 0.245. The molecule has 7 nitrogen and oxygen atoms in total. The number of thioether (sulfide) groups is 1. The van der Waals surface area contributed by atoms with Crippen molar-refractivity contribution >= 4 is 28.6 Å². The zero-order chi connectivity index (χ0) is 24.4. The molecule has 1 aliphatic heterocycles. The molecule has 1 aliphatic carbocycles. The number of nitrogen functional groups attached to an aromatic ring is 1. The number of nitrogens with zero attached hydrogens (tertiary/aromatic N) is 4. The van der Waals surface area contributed by atoms with Gasteiger partial charge in [-0.2, -0.15) is 4.98 Å². The fourth-order valence-corrected chi connectivity index (χ4v) is 6.36. The highest BCUT2D eigenvalue weighted by molar-refractivity contribution is 7.99. The molecule has 0 amide bonds. The molecule has 5 rings (SSSR count). The molecule has 2 aromatic heterocycles. The first-order valence-corrected chi connectivity index (χ1v) is 13.7. The average Bonchev–Trinajstić information content (AvgIpc) is 3.50. The molecule has 2 fully saturated rings. The van der Waals surface area contributed by atoms with Crippen molar-refractivity contribution in [3.05, 3.63) is 46.3 Å². The van der Waals surface area contributed by atoms with Crippen LogP contribution in [0, 0.1) is 11.8 Å². The van der Waals surface area contributed by atoms with E-state index >= 15 is 0 Å². The summed E-state index contributed by atoms with van der Waals surface area (Å²) in [6, 6.07) is 6.11. The number of hydrogen-bond donors (Lipinski definition) is 1. The van der Waals surface area contributed by atoms with E-state index in [9.17, 15) is 4.79 Å². The molecule has 1 aromatic carbocycles. The molecule has 1 atom stereocenters. The highest BCUT2D eigenvalue weighted by atomic mass is 32.2. The summed E-state index contributed by atoms with van der Waals surface area (Å²) in [6.45, 7) is 4.56. The third-order valence-corrected chi connectivity index (χ3v) is 8.13. The van der Waals surface area contributed by atoms with Gasteiger partial charge in [0, 0.05) is 12.1 Å². The Balaban J connectivity index is 1.51. The molecular weight excluding hydrogens is 458 g/mol. The van der Waals surface area contributed by atoms with E-state index in [2.05, 4.69) is 27.5 Å². The molecule has 0 unspecified atom stereocenters. The second kappa shape index (κ2) is 10.4. The molecule has 184 valence electrons. The lowest BCUT2D eigenvalue weighted by atomic mass is 9.88. The number of nitrogens with two attached hydrogens (primary N) is 1. The number of para-hydroxylation sites is 1. The van der Waals surface area contributed by atoms with E-state index in [1.165, 1.54) is 19.3 Å². The van der Waals surface area contributed by atoms with Crippen molar-refractivity contribution in [1.29, 1.82) is 0 Å². The maximum absolute atomic E-state index is 12.4. The molecule has 35 heavy (non-hydrogen) atoms. The highest BCUT2D eigenvalue weighted by Gasteiger charge is 2.24. The standard InChI is InChI=1S/C27H33N5O2S/c1-18(2)34-22-13-6-12-21-24(22)29-26(19-9-4-3-5-10-19)31(21)15-7-11-20-17-32(23-14-8-16-35-23)27(33)30-25(20)28/h6,12-13,17-19,23H,3-5,8-10,14-16H2,1-2H3,(H2,28,30,33)/t23-/m0/s1. The Kier molecular flexibility index (Phi) is 7.05. The van der Waals surface area contributed by atoms with E-state index in [1.54, 1.807) is 22.5 Å². The van der Waals surface area contributed by atoms with E-state index in [1.807, 2.05) is 26.0 Å². The number of fused-ring (bicyclic) bond motifs is 1. The van der Waals surface area contributed by atoms with Gasteiger partial charge in [-0.25, -0.2) is 9.78 Å².